The van der Waals surface area contributed by atoms with Crippen LogP contribution in [0.15, 0.2) is 23.0 Å². The van der Waals surface area contributed by atoms with E-state index in [1.165, 1.54) is 6.07 Å². The number of carbonyl (C=O) groups excluding carboxylic acids is 2. The minimum Gasteiger partial charge on any atom is -0.342 e. The summed E-state index contributed by atoms with van der Waals surface area (Å²) in [5.41, 5.74) is 0.743. The number of pyridine rings is 1. The van der Waals surface area contributed by atoms with Crippen LogP contribution >= 0.6 is 0 Å². The molecule has 1 unspecified atom stereocenters. The molecule has 0 spiro atoms. The molecule has 2 heterocycles. The molecule has 2 amide bonds. The maximum atomic E-state index is 12.7. The Hall–Kier alpha value is -2.11. The summed E-state index contributed by atoms with van der Waals surface area (Å²) in [6.45, 7) is 5.42. The predicted octanol–water partition coefficient (Wildman–Crippen LogP) is 1.41. The number of piperazine rings is 1. The summed E-state index contributed by atoms with van der Waals surface area (Å²) in [4.78, 5) is 40.4. The zero-order valence-electron chi connectivity index (χ0n) is 14.8. The third kappa shape index (κ3) is 4.04. The Morgan fingerprint density at radius 3 is 2.67 bits per heavy atom. The normalized spacial score (nSPS) is 18.1. The molecule has 0 aromatic carbocycles. The van der Waals surface area contributed by atoms with Crippen LogP contribution < -0.4 is 5.56 Å². The molecule has 132 valence electrons. The van der Waals surface area contributed by atoms with Crippen LogP contribution in [0, 0.1) is 6.92 Å². The summed E-state index contributed by atoms with van der Waals surface area (Å²) in [5.74, 6) is -0.0242. The van der Waals surface area contributed by atoms with Crippen molar-refractivity contribution in [2.75, 3.05) is 20.1 Å². The van der Waals surface area contributed by atoms with E-state index in [0.717, 1.165) is 18.5 Å². The molecule has 0 saturated carbocycles. The Labute approximate surface area is 143 Å². The van der Waals surface area contributed by atoms with Crippen molar-refractivity contribution in [2.45, 2.75) is 52.1 Å². The lowest BCUT2D eigenvalue weighted by molar-refractivity contribution is -0.150. The van der Waals surface area contributed by atoms with Crippen molar-refractivity contribution in [2.24, 2.45) is 0 Å². The summed E-state index contributed by atoms with van der Waals surface area (Å²) in [7, 11) is 1.79. The van der Waals surface area contributed by atoms with Gasteiger partial charge >= 0.3 is 0 Å². The topological polar surface area (TPSA) is 62.6 Å². The van der Waals surface area contributed by atoms with E-state index in [-0.39, 0.29) is 29.8 Å². The van der Waals surface area contributed by atoms with Gasteiger partial charge in [0, 0.05) is 44.9 Å². The van der Waals surface area contributed by atoms with E-state index in [0.29, 0.717) is 26.1 Å². The maximum absolute atomic E-state index is 12.7. The van der Waals surface area contributed by atoms with Gasteiger partial charge in [0.05, 0.1) is 0 Å². The zero-order chi connectivity index (χ0) is 17.7. The van der Waals surface area contributed by atoms with Gasteiger partial charge in [-0.25, -0.2) is 0 Å². The number of likely N-dealkylation sites (N-methyl/N-ethyl adjacent to an activating group) is 1. The number of aryl methyl sites for hydroxylation is 1. The van der Waals surface area contributed by atoms with E-state index in [1.807, 2.05) is 13.0 Å². The average molecular weight is 333 g/mol. The Morgan fingerprint density at radius 2 is 2.00 bits per heavy atom. The molecule has 0 N–H and O–H groups in total. The van der Waals surface area contributed by atoms with Crippen molar-refractivity contribution < 1.29 is 9.59 Å². The summed E-state index contributed by atoms with van der Waals surface area (Å²) >= 11 is 0. The first-order valence-corrected chi connectivity index (χ1v) is 8.66. The molecule has 1 atom stereocenters. The fourth-order valence-electron chi connectivity index (χ4n) is 3.15. The van der Waals surface area contributed by atoms with E-state index in [2.05, 4.69) is 6.92 Å². The van der Waals surface area contributed by atoms with Crippen molar-refractivity contribution in [3.63, 3.8) is 0 Å². The molecule has 0 bridgehead atoms. The lowest BCUT2D eigenvalue weighted by atomic mass is 10.0. The molecule has 24 heavy (non-hydrogen) atoms. The number of unbranched alkanes of at least 4 members (excludes halogenated alkanes) is 1. The first-order chi connectivity index (χ1) is 11.5. The number of amides is 2. The SMILES string of the molecule is CCCCC1C(=O)N(C)CCN1C(=O)CCn1c(C)cccc1=O. The van der Waals surface area contributed by atoms with Crippen LogP contribution in [0.2, 0.25) is 0 Å². The highest BCUT2D eigenvalue weighted by atomic mass is 16.2. The van der Waals surface area contributed by atoms with E-state index < -0.39 is 0 Å². The molecule has 6 nitrogen and oxygen atoms in total. The lowest BCUT2D eigenvalue weighted by Crippen LogP contribution is -2.57. The number of rotatable bonds is 6. The largest absolute Gasteiger partial charge is 0.342 e. The van der Waals surface area contributed by atoms with Gasteiger partial charge in [-0.05, 0) is 19.4 Å². The number of hydrogen-bond donors (Lipinski definition) is 0. The first kappa shape index (κ1) is 18.2. The highest BCUT2D eigenvalue weighted by Crippen LogP contribution is 2.17. The number of nitrogens with zero attached hydrogens (tertiary/aromatic N) is 3. The van der Waals surface area contributed by atoms with Crippen molar-refractivity contribution in [3.8, 4) is 0 Å². The Balaban J connectivity index is 2.06. The van der Waals surface area contributed by atoms with Gasteiger partial charge in [0.15, 0.2) is 0 Å². The molecule has 1 aliphatic heterocycles. The maximum Gasteiger partial charge on any atom is 0.250 e. The average Bonchev–Trinajstić information content (AvgIpc) is 2.55. The molecule has 1 fully saturated rings. The fourth-order valence-corrected chi connectivity index (χ4v) is 3.15. The quantitative estimate of drug-likeness (QED) is 0.791. The number of carbonyl (C=O) groups is 2. The highest BCUT2D eigenvalue weighted by Gasteiger charge is 2.34. The van der Waals surface area contributed by atoms with E-state index in [9.17, 15) is 14.4 Å². The molecule has 1 aromatic heterocycles. The number of hydrogen-bond acceptors (Lipinski definition) is 3. The minimum absolute atomic E-state index is 0.0242. The molecule has 6 heteroatoms. The molecule has 2 rings (SSSR count). The lowest BCUT2D eigenvalue weighted by Gasteiger charge is -2.39. The van der Waals surface area contributed by atoms with Crippen LogP contribution in [0.3, 0.4) is 0 Å². The second kappa shape index (κ2) is 8.13. The first-order valence-electron chi connectivity index (χ1n) is 8.66. The van der Waals surface area contributed by atoms with Gasteiger partial charge in [-0.15, -0.1) is 0 Å². The van der Waals surface area contributed by atoms with E-state index in [4.69, 9.17) is 0 Å². The molecule has 1 aromatic rings. The van der Waals surface area contributed by atoms with Crippen LogP contribution in [0.5, 0.6) is 0 Å². The van der Waals surface area contributed by atoms with Crippen molar-refractivity contribution in [1.29, 1.82) is 0 Å². The van der Waals surface area contributed by atoms with Crippen LogP contribution in [0.1, 0.15) is 38.3 Å². The molecule has 1 aliphatic rings. The van der Waals surface area contributed by atoms with Gasteiger partial charge in [-0.1, -0.05) is 25.8 Å². The smallest absolute Gasteiger partial charge is 0.250 e. The molecular weight excluding hydrogens is 306 g/mol. The summed E-state index contributed by atoms with van der Waals surface area (Å²) in [6, 6.07) is 4.72. The molecule has 0 radical (unpaired) electrons. The third-order valence-corrected chi connectivity index (χ3v) is 4.68. The van der Waals surface area contributed by atoms with E-state index in [1.54, 1.807) is 27.5 Å². The van der Waals surface area contributed by atoms with Crippen LogP contribution in [-0.2, 0) is 16.1 Å². The summed E-state index contributed by atoms with van der Waals surface area (Å²) < 4.78 is 1.61. The van der Waals surface area contributed by atoms with Crippen molar-refractivity contribution >= 4 is 11.8 Å². The van der Waals surface area contributed by atoms with Crippen LogP contribution in [0.4, 0.5) is 0 Å². The van der Waals surface area contributed by atoms with Gasteiger partial charge in [-0.3, -0.25) is 14.4 Å². The van der Waals surface area contributed by atoms with Crippen molar-refractivity contribution in [1.82, 2.24) is 14.4 Å². The van der Waals surface area contributed by atoms with Gasteiger partial charge in [-0.2, -0.15) is 0 Å². The molecule has 1 saturated heterocycles. The summed E-state index contributed by atoms with van der Waals surface area (Å²) in [6.07, 6.45) is 2.86. The molecular formula is C18H27N3O3. The van der Waals surface area contributed by atoms with Crippen molar-refractivity contribution in [3.05, 3.63) is 34.2 Å². The van der Waals surface area contributed by atoms with E-state index >= 15 is 0 Å². The monoisotopic (exact) mass is 333 g/mol. The fraction of sp³-hybridized carbons (Fsp3) is 0.611. The Bertz CT molecular complexity index is 653. The van der Waals surface area contributed by atoms with Gasteiger partial charge in [0.2, 0.25) is 11.8 Å². The Kier molecular flexibility index (Phi) is 6.17. The standard InChI is InChI=1S/C18H27N3O3/c1-4-5-8-15-18(24)19(3)12-13-21(15)17(23)10-11-20-14(2)7-6-9-16(20)22/h6-7,9,15H,4-5,8,10-13H2,1-3H3. The zero-order valence-corrected chi connectivity index (χ0v) is 14.8. The molecule has 0 aliphatic carbocycles. The number of aromatic nitrogens is 1. The minimum atomic E-state index is -0.357. The highest BCUT2D eigenvalue weighted by molar-refractivity contribution is 5.88. The van der Waals surface area contributed by atoms with Gasteiger partial charge in [0.1, 0.15) is 6.04 Å². The van der Waals surface area contributed by atoms with Crippen LogP contribution in [0.25, 0.3) is 0 Å². The predicted molar refractivity (Wildman–Crippen MR) is 92.7 cm³/mol. The Morgan fingerprint density at radius 1 is 1.25 bits per heavy atom. The van der Waals surface area contributed by atoms with Gasteiger partial charge in [0.25, 0.3) is 5.56 Å². The third-order valence-electron chi connectivity index (χ3n) is 4.68. The van der Waals surface area contributed by atoms with Gasteiger partial charge < -0.3 is 14.4 Å². The van der Waals surface area contributed by atoms with Crippen LogP contribution in [-0.4, -0.2) is 52.4 Å². The summed E-state index contributed by atoms with van der Waals surface area (Å²) in [5, 5.41) is 0. The second-order valence-electron chi connectivity index (χ2n) is 6.41. The second-order valence-corrected chi connectivity index (χ2v) is 6.41.